The van der Waals surface area contributed by atoms with Gasteiger partial charge in [-0.3, -0.25) is 10.1 Å². The number of fused-ring (bicyclic) bond motifs is 1. The van der Waals surface area contributed by atoms with Gasteiger partial charge in [0.25, 0.3) is 5.69 Å². The van der Waals surface area contributed by atoms with Crippen LogP contribution in [0, 0.1) is 10.1 Å². The summed E-state index contributed by atoms with van der Waals surface area (Å²) in [6.07, 6.45) is 0. The molecule has 32 heavy (non-hydrogen) atoms. The standard InChI is InChI=1S/C24H19NO7/c1-29-18-6-3-15(4-7-18)21-13-24(26)32-23-12-19(8-9-20(21)23)31-14-16-11-17(25(27)28)5-10-22(16)30-2/h3-13H,14H2,1-2H3. The summed E-state index contributed by atoms with van der Waals surface area (Å²) >= 11 is 0. The first kappa shape index (κ1) is 20.9. The predicted octanol–water partition coefficient (Wildman–Crippen LogP) is 4.96. The zero-order chi connectivity index (χ0) is 22.7. The number of hydrogen-bond acceptors (Lipinski definition) is 7. The van der Waals surface area contributed by atoms with E-state index in [0.29, 0.717) is 28.4 Å². The van der Waals surface area contributed by atoms with Crippen molar-refractivity contribution in [3.05, 3.63) is 92.8 Å². The van der Waals surface area contributed by atoms with Crippen LogP contribution >= 0.6 is 0 Å². The number of non-ortho nitro benzene ring substituents is 1. The average molecular weight is 433 g/mol. The molecule has 0 atom stereocenters. The third-order valence-corrected chi connectivity index (χ3v) is 4.99. The molecule has 1 heterocycles. The van der Waals surface area contributed by atoms with Crippen LogP contribution in [0.3, 0.4) is 0 Å². The lowest BCUT2D eigenvalue weighted by molar-refractivity contribution is -0.385. The van der Waals surface area contributed by atoms with E-state index < -0.39 is 10.5 Å². The molecule has 162 valence electrons. The maximum Gasteiger partial charge on any atom is 0.336 e. The number of benzene rings is 3. The summed E-state index contributed by atoms with van der Waals surface area (Å²) in [6, 6.07) is 18.3. The summed E-state index contributed by atoms with van der Waals surface area (Å²) < 4.78 is 21.6. The zero-order valence-corrected chi connectivity index (χ0v) is 17.4. The van der Waals surface area contributed by atoms with Crippen molar-refractivity contribution in [3.8, 4) is 28.4 Å². The molecule has 0 spiro atoms. The minimum Gasteiger partial charge on any atom is -0.497 e. The molecule has 0 radical (unpaired) electrons. The van der Waals surface area contributed by atoms with Gasteiger partial charge in [0.15, 0.2) is 0 Å². The number of nitrogens with zero attached hydrogens (tertiary/aromatic N) is 1. The van der Waals surface area contributed by atoms with Crippen molar-refractivity contribution in [1.29, 1.82) is 0 Å². The second-order valence-corrected chi connectivity index (χ2v) is 6.91. The number of methoxy groups -OCH3 is 2. The molecule has 0 fully saturated rings. The van der Waals surface area contributed by atoms with E-state index >= 15 is 0 Å². The highest BCUT2D eigenvalue weighted by Gasteiger charge is 2.13. The van der Waals surface area contributed by atoms with Gasteiger partial charge in [-0.1, -0.05) is 12.1 Å². The fourth-order valence-electron chi connectivity index (χ4n) is 3.39. The Morgan fingerprint density at radius 1 is 0.906 bits per heavy atom. The van der Waals surface area contributed by atoms with E-state index in [1.807, 2.05) is 24.3 Å². The normalized spacial score (nSPS) is 10.7. The highest BCUT2D eigenvalue weighted by Crippen LogP contribution is 2.31. The van der Waals surface area contributed by atoms with Gasteiger partial charge in [-0.05, 0) is 41.5 Å². The van der Waals surface area contributed by atoms with Crippen molar-refractivity contribution in [1.82, 2.24) is 0 Å². The van der Waals surface area contributed by atoms with Gasteiger partial charge in [0.2, 0.25) is 0 Å². The summed E-state index contributed by atoms with van der Waals surface area (Å²) in [5.41, 5.74) is 1.92. The van der Waals surface area contributed by atoms with Crippen LogP contribution in [0.2, 0.25) is 0 Å². The van der Waals surface area contributed by atoms with Crippen LogP contribution in [0.25, 0.3) is 22.1 Å². The summed E-state index contributed by atoms with van der Waals surface area (Å²) in [5, 5.41) is 11.8. The lowest BCUT2D eigenvalue weighted by Crippen LogP contribution is -2.01. The van der Waals surface area contributed by atoms with Crippen LogP contribution in [-0.2, 0) is 6.61 Å². The molecule has 0 aliphatic heterocycles. The number of nitro groups is 1. The number of ether oxygens (including phenoxy) is 3. The van der Waals surface area contributed by atoms with Crippen molar-refractivity contribution >= 4 is 16.7 Å². The Labute approximate surface area is 182 Å². The van der Waals surface area contributed by atoms with Crippen LogP contribution in [0.5, 0.6) is 17.2 Å². The fourth-order valence-corrected chi connectivity index (χ4v) is 3.39. The topological polar surface area (TPSA) is 101 Å². The molecule has 0 saturated carbocycles. The third-order valence-electron chi connectivity index (χ3n) is 4.99. The second-order valence-electron chi connectivity index (χ2n) is 6.91. The van der Waals surface area contributed by atoms with Crippen molar-refractivity contribution in [2.45, 2.75) is 6.61 Å². The van der Waals surface area contributed by atoms with Gasteiger partial charge in [0, 0.05) is 35.2 Å². The fraction of sp³-hybridized carbons (Fsp3) is 0.125. The van der Waals surface area contributed by atoms with Gasteiger partial charge in [-0.25, -0.2) is 4.79 Å². The molecule has 4 aromatic rings. The molecule has 0 amide bonds. The van der Waals surface area contributed by atoms with E-state index in [1.165, 1.54) is 31.4 Å². The molecule has 8 nitrogen and oxygen atoms in total. The Balaban J connectivity index is 1.65. The molecule has 0 aliphatic carbocycles. The van der Waals surface area contributed by atoms with Gasteiger partial charge >= 0.3 is 5.63 Å². The van der Waals surface area contributed by atoms with Crippen molar-refractivity contribution < 1.29 is 23.6 Å². The molecule has 4 rings (SSSR count). The molecular formula is C24H19NO7. The van der Waals surface area contributed by atoms with Crippen LogP contribution in [-0.4, -0.2) is 19.1 Å². The molecule has 0 unspecified atom stereocenters. The first-order valence-electron chi connectivity index (χ1n) is 9.65. The number of rotatable bonds is 7. The maximum atomic E-state index is 12.2. The largest absolute Gasteiger partial charge is 0.497 e. The van der Waals surface area contributed by atoms with Crippen LogP contribution < -0.4 is 19.8 Å². The van der Waals surface area contributed by atoms with Gasteiger partial charge < -0.3 is 18.6 Å². The Hall–Kier alpha value is -4.33. The van der Waals surface area contributed by atoms with E-state index in [4.69, 9.17) is 18.6 Å². The highest BCUT2D eigenvalue weighted by molar-refractivity contribution is 5.93. The average Bonchev–Trinajstić information content (AvgIpc) is 2.81. The quantitative estimate of drug-likeness (QED) is 0.230. The van der Waals surface area contributed by atoms with Crippen LogP contribution in [0.1, 0.15) is 5.56 Å². The van der Waals surface area contributed by atoms with E-state index in [1.54, 1.807) is 25.3 Å². The smallest absolute Gasteiger partial charge is 0.336 e. The lowest BCUT2D eigenvalue weighted by atomic mass is 10.0. The van der Waals surface area contributed by atoms with Gasteiger partial charge in [-0.2, -0.15) is 0 Å². The van der Waals surface area contributed by atoms with E-state index in [-0.39, 0.29) is 12.3 Å². The summed E-state index contributed by atoms with van der Waals surface area (Å²) in [7, 11) is 3.07. The Morgan fingerprint density at radius 3 is 2.34 bits per heavy atom. The number of hydrogen-bond donors (Lipinski definition) is 0. The molecule has 0 aliphatic rings. The van der Waals surface area contributed by atoms with E-state index in [0.717, 1.165) is 16.5 Å². The third kappa shape index (κ3) is 4.24. The molecular weight excluding hydrogens is 414 g/mol. The first-order chi connectivity index (χ1) is 15.5. The number of nitro benzene ring substituents is 1. The molecule has 0 bridgehead atoms. The summed E-state index contributed by atoms with van der Waals surface area (Å²) in [6.45, 7) is 0.0404. The van der Waals surface area contributed by atoms with Crippen molar-refractivity contribution in [3.63, 3.8) is 0 Å². The first-order valence-corrected chi connectivity index (χ1v) is 9.65. The molecule has 1 aromatic heterocycles. The Kier molecular flexibility index (Phi) is 5.76. The minimum absolute atomic E-state index is 0.0404. The van der Waals surface area contributed by atoms with Crippen molar-refractivity contribution in [2.24, 2.45) is 0 Å². The minimum atomic E-state index is -0.485. The SMILES string of the molecule is COc1ccc(-c2cc(=O)oc3cc(OCc4cc([N+](=O)[O-])ccc4OC)ccc23)cc1. The monoisotopic (exact) mass is 433 g/mol. The van der Waals surface area contributed by atoms with Crippen LogP contribution in [0.15, 0.2) is 75.9 Å². The Morgan fingerprint density at radius 2 is 1.66 bits per heavy atom. The van der Waals surface area contributed by atoms with Gasteiger partial charge in [0.05, 0.1) is 19.1 Å². The highest BCUT2D eigenvalue weighted by atomic mass is 16.6. The zero-order valence-electron chi connectivity index (χ0n) is 17.4. The Bertz CT molecular complexity index is 1340. The lowest BCUT2D eigenvalue weighted by Gasteiger charge is -2.11. The summed E-state index contributed by atoms with van der Waals surface area (Å²) in [5.74, 6) is 1.64. The maximum absolute atomic E-state index is 12.2. The predicted molar refractivity (Wildman–Crippen MR) is 118 cm³/mol. The summed E-state index contributed by atoms with van der Waals surface area (Å²) in [4.78, 5) is 22.8. The molecule has 0 N–H and O–H groups in total. The molecule has 8 heteroatoms. The van der Waals surface area contributed by atoms with Crippen molar-refractivity contribution in [2.75, 3.05) is 14.2 Å². The van der Waals surface area contributed by atoms with E-state index in [2.05, 4.69) is 0 Å². The molecule has 3 aromatic carbocycles. The van der Waals surface area contributed by atoms with Crippen LogP contribution in [0.4, 0.5) is 5.69 Å². The van der Waals surface area contributed by atoms with Gasteiger partial charge in [-0.15, -0.1) is 0 Å². The van der Waals surface area contributed by atoms with Gasteiger partial charge in [0.1, 0.15) is 29.4 Å². The second kappa shape index (κ2) is 8.81. The molecule has 0 saturated heterocycles. The van der Waals surface area contributed by atoms with E-state index in [9.17, 15) is 14.9 Å².